The number of ether oxygens (including phenoxy) is 3. The second-order valence-corrected chi connectivity index (χ2v) is 7.81. The molecule has 3 atom stereocenters. The summed E-state index contributed by atoms with van der Waals surface area (Å²) in [6.45, 7) is 12.5. The zero-order chi connectivity index (χ0) is 16.7. The van der Waals surface area contributed by atoms with E-state index in [0.717, 1.165) is 32.1 Å². The Morgan fingerprint density at radius 3 is 2.65 bits per heavy atom. The van der Waals surface area contributed by atoms with Crippen LogP contribution in [0.15, 0.2) is 12.2 Å². The first-order valence-electron chi connectivity index (χ1n) is 9.00. The zero-order valence-electron chi connectivity index (χ0n) is 14.8. The van der Waals surface area contributed by atoms with Crippen LogP contribution < -0.4 is 0 Å². The van der Waals surface area contributed by atoms with Gasteiger partial charge in [0.15, 0.2) is 5.79 Å². The number of hydrogen-bond acceptors (Lipinski definition) is 4. The van der Waals surface area contributed by atoms with Gasteiger partial charge in [0.2, 0.25) is 0 Å². The van der Waals surface area contributed by atoms with Gasteiger partial charge in [0.05, 0.1) is 26.2 Å². The van der Waals surface area contributed by atoms with E-state index in [9.17, 15) is 4.79 Å². The van der Waals surface area contributed by atoms with E-state index in [1.807, 2.05) is 6.92 Å². The second kappa shape index (κ2) is 5.89. The molecule has 3 fully saturated rings. The lowest BCUT2D eigenvalue weighted by molar-refractivity contribution is -0.286. The molecule has 0 N–H and O–H groups in total. The molecule has 0 aromatic rings. The van der Waals surface area contributed by atoms with Gasteiger partial charge in [0, 0.05) is 17.3 Å². The van der Waals surface area contributed by atoms with Crippen molar-refractivity contribution in [2.45, 2.75) is 65.1 Å². The normalized spacial score (nSPS) is 39.3. The molecule has 4 nitrogen and oxygen atoms in total. The number of carbonyl (C=O) groups excluding carboxylic acids is 1. The highest BCUT2D eigenvalue weighted by Crippen LogP contribution is 2.65. The van der Waals surface area contributed by atoms with Gasteiger partial charge in [-0.3, -0.25) is 4.79 Å². The molecule has 3 aliphatic rings. The predicted octanol–water partition coefficient (Wildman–Crippen LogP) is 3.85. The lowest BCUT2D eigenvalue weighted by atomic mass is 9.47. The highest BCUT2D eigenvalue weighted by atomic mass is 16.7. The molecule has 0 aromatic heterocycles. The van der Waals surface area contributed by atoms with E-state index in [0.29, 0.717) is 32.2 Å². The van der Waals surface area contributed by atoms with Gasteiger partial charge in [0.1, 0.15) is 0 Å². The number of hydrogen-bond donors (Lipinski definition) is 0. The van der Waals surface area contributed by atoms with Crippen molar-refractivity contribution in [2.75, 3.05) is 19.8 Å². The molecule has 0 unspecified atom stereocenters. The van der Waals surface area contributed by atoms with Gasteiger partial charge in [-0.15, -0.1) is 0 Å². The Labute approximate surface area is 139 Å². The highest BCUT2D eigenvalue weighted by molar-refractivity contribution is 5.71. The highest BCUT2D eigenvalue weighted by Gasteiger charge is 2.64. The van der Waals surface area contributed by atoms with Crippen molar-refractivity contribution in [2.24, 2.45) is 16.7 Å². The molecule has 0 aromatic carbocycles. The topological polar surface area (TPSA) is 44.8 Å². The minimum Gasteiger partial charge on any atom is -0.466 e. The van der Waals surface area contributed by atoms with Crippen LogP contribution in [-0.2, 0) is 19.0 Å². The largest absolute Gasteiger partial charge is 0.466 e. The summed E-state index contributed by atoms with van der Waals surface area (Å²) < 4.78 is 17.6. The van der Waals surface area contributed by atoms with Crippen molar-refractivity contribution in [1.29, 1.82) is 0 Å². The fourth-order valence-corrected chi connectivity index (χ4v) is 5.43. The Kier molecular flexibility index (Phi) is 4.35. The number of esters is 1. The molecule has 1 heterocycles. The maximum Gasteiger partial charge on any atom is 0.306 e. The van der Waals surface area contributed by atoms with Crippen LogP contribution in [0, 0.1) is 16.7 Å². The summed E-state index contributed by atoms with van der Waals surface area (Å²) in [5, 5.41) is 0. The van der Waals surface area contributed by atoms with Crippen molar-refractivity contribution in [3.05, 3.63) is 12.2 Å². The molecule has 4 heteroatoms. The fourth-order valence-electron chi connectivity index (χ4n) is 5.43. The van der Waals surface area contributed by atoms with Crippen molar-refractivity contribution >= 4 is 5.97 Å². The Hall–Kier alpha value is -0.870. The van der Waals surface area contributed by atoms with Crippen LogP contribution in [0.1, 0.15) is 59.3 Å². The van der Waals surface area contributed by atoms with Crippen LogP contribution in [0.4, 0.5) is 0 Å². The SMILES string of the molecule is C=C1CC[C@@]2(C)[C@@H](CCCC23OCCO3)[C@]1(C)CC(=O)OCC. The molecule has 1 aliphatic heterocycles. The number of allylic oxidation sites excluding steroid dienone is 1. The van der Waals surface area contributed by atoms with E-state index in [-0.39, 0.29) is 16.8 Å². The fraction of sp³-hybridized carbons (Fsp3) is 0.842. The lowest BCUT2D eigenvalue weighted by Crippen LogP contribution is -2.60. The van der Waals surface area contributed by atoms with Gasteiger partial charge >= 0.3 is 5.97 Å². The molecule has 1 saturated heterocycles. The van der Waals surface area contributed by atoms with E-state index in [1.165, 1.54) is 5.57 Å². The molecule has 2 saturated carbocycles. The molecular formula is C19H30O4. The average molecular weight is 322 g/mol. The van der Waals surface area contributed by atoms with E-state index in [4.69, 9.17) is 14.2 Å². The van der Waals surface area contributed by atoms with E-state index in [1.54, 1.807) is 0 Å². The molecule has 23 heavy (non-hydrogen) atoms. The monoisotopic (exact) mass is 322 g/mol. The van der Waals surface area contributed by atoms with Crippen LogP contribution in [0.5, 0.6) is 0 Å². The Balaban J connectivity index is 1.94. The average Bonchev–Trinajstić information content (AvgIpc) is 2.97. The summed E-state index contributed by atoms with van der Waals surface area (Å²) in [6.07, 6.45) is 5.50. The summed E-state index contributed by atoms with van der Waals surface area (Å²) in [4.78, 5) is 12.2. The van der Waals surface area contributed by atoms with E-state index in [2.05, 4.69) is 20.4 Å². The van der Waals surface area contributed by atoms with Crippen LogP contribution in [-0.4, -0.2) is 31.6 Å². The van der Waals surface area contributed by atoms with Crippen molar-refractivity contribution in [3.63, 3.8) is 0 Å². The molecule has 1 spiro atoms. The number of carbonyl (C=O) groups is 1. The Morgan fingerprint density at radius 1 is 1.30 bits per heavy atom. The van der Waals surface area contributed by atoms with Crippen molar-refractivity contribution in [3.8, 4) is 0 Å². The summed E-state index contributed by atoms with van der Waals surface area (Å²) >= 11 is 0. The van der Waals surface area contributed by atoms with Gasteiger partial charge in [-0.25, -0.2) is 0 Å². The third kappa shape index (κ3) is 2.45. The standard InChI is InChI=1S/C19H30O4/c1-5-21-16(20)13-17(3)14(2)8-10-18(4)15(17)7-6-9-19(18)22-11-12-23-19/h15H,2,5-13H2,1,3-4H3/t15-,17+,18-/m0/s1. The first-order valence-corrected chi connectivity index (χ1v) is 9.00. The zero-order valence-corrected chi connectivity index (χ0v) is 14.8. The molecule has 130 valence electrons. The maximum absolute atomic E-state index is 12.2. The molecule has 3 rings (SSSR count). The summed E-state index contributed by atoms with van der Waals surface area (Å²) in [6, 6.07) is 0. The first-order chi connectivity index (χ1) is 10.9. The number of rotatable bonds is 3. The first kappa shape index (κ1) is 17.0. The number of fused-ring (bicyclic) bond motifs is 2. The third-order valence-electron chi connectivity index (χ3n) is 6.73. The quantitative estimate of drug-likeness (QED) is 0.585. The Bertz CT molecular complexity index is 494. The lowest BCUT2D eigenvalue weighted by Gasteiger charge is -2.61. The summed E-state index contributed by atoms with van der Waals surface area (Å²) in [5.74, 6) is -0.243. The third-order valence-corrected chi connectivity index (χ3v) is 6.73. The molecule has 0 radical (unpaired) electrons. The molecular weight excluding hydrogens is 292 g/mol. The second-order valence-electron chi connectivity index (χ2n) is 7.81. The van der Waals surface area contributed by atoms with E-state index < -0.39 is 5.79 Å². The Morgan fingerprint density at radius 2 is 2.00 bits per heavy atom. The van der Waals surface area contributed by atoms with Gasteiger partial charge in [-0.05, 0) is 38.5 Å². The van der Waals surface area contributed by atoms with Gasteiger partial charge in [0.25, 0.3) is 0 Å². The van der Waals surface area contributed by atoms with Gasteiger partial charge in [-0.2, -0.15) is 0 Å². The summed E-state index contributed by atoms with van der Waals surface area (Å²) in [7, 11) is 0. The minimum absolute atomic E-state index is 0.0653. The maximum atomic E-state index is 12.2. The van der Waals surface area contributed by atoms with E-state index >= 15 is 0 Å². The summed E-state index contributed by atoms with van der Waals surface area (Å²) in [5.41, 5.74) is 0.884. The van der Waals surface area contributed by atoms with Crippen molar-refractivity contribution in [1.82, 2.24) is 0 Å². The predicted molar refractivity (Wildman–Crippen MR) is 87.8 cm³/mol. The smallest absolute Gasteiger partial charge is 0.306 e. The van der Waals surface area contributed by atoms with Crippen LogP contribution >= 0.6 is 0 Å². The van der Waals surface area contributed by atoms with Gasteiger partial charge < -0.3 is 14.2 Å². The van der Waals surface area contributed by atoms with Crippen LogP contribution in [0.2, 0.25) is 0 Å². The molecule has 0 amide bonds. The van der Waals surface area contributed by atoms with Crippen molar-refractivity contribution < 1.29 is 19.0 Å². The van der Waals surface area contributed by atoms with Crippen LogP contribution in [0.25, 0.3) is 0 Å². The van der Waals surface area contributed by atoms with Crippen LogP contribution in [0.3, 0.4) is 0 Å². The molecule has 0 bridgehead atoms. The molecule has 2 aliphatic carbocycles. The van der Waals surface area contributed by atoms with Gasteiger partial charge in [-0.1, -0.05) is 26.0 Å². The minimum atomic E-state index is -0.466.